The molecule has 1 aromatic rings. The molecule has 0 radical (unpaired) electrons. The van der Waals surface area contributed by atoms with E-state index in [4.69, 9.17) is 11.6 Å². The van der Waals surface area contributed by atoms with Crippen molar-refractivity contribution in [1.82, 2.24) is 5.32 Å². The highest BCUT2D eigenvalue weighted by Crippen LogP contribution is 2.34. The zero-order valence-electron chi connectivity index (χ0n) is 13.1. The van der Waals surface area contributed by atoms with Gasteiger partial charge in [0.15, 0.2) is 0 Å². The Morgan fingerprint density at radius 1 is 1.33 bits per heavy atom. The minimum Gasteiger partial charge on any atom is -0.394 e. The zero-order chi connectivity index (χ0) is 15.2. The summed E-state index contributed by atoms with van der Waals surface area (Å²) < 4.78 is 0. The van der Waals surface area contributed by atoms with Gasteiger partial charge < -0.3 is 15.3 Å². The summed E-state index contributed by atoms with van der Waals surface area (Å²) in [4.78, 5) is 2.33. The normalized spacial score (nSPS) is 19.9. The fourth-order valence-electron chi connectivity index (χ4n) is 3.00. The van der Waals surface area contributed by atoms with E-state index in [1.807, 2.05) is 12.1 Å². The summed E-state index contributed by atoms with van der Waals surface area (Å²) in [5.41, 5.74) is 2.32. The standard InChI is InChI=1S/C17H27ClN2O/c1-13(2)19-11-14-7-6-9-16(18)17(14)20-10-5-3-4-8-15(20)12-21/h6-7,9,13,15,19,21H,3-5,8,10-12H2,1-2H3. The first-order valence-corrected chi connectivity index (χ1v) is 8.39. The molecule has 4 heteroatoms. The Balaban J connectivity index is 2.30. The quantitative estimate of drug-likeness (QED) is 0.872. The van der Waals surface area contributed by atoms with E-state index in [0.29, 0.717) is 6.04 Å². The highest BCUT2D eigenvalue weighted by Gasteiger charge is 2.24. The molecule has 2 rings (SSSR count). The van der Waals surface area contributed by atoms with Gasteiger partial charge in [0, 0.05) is 19.1 Å². The Labute approximate surface area is 133 Å². The predicted octanol–water partition coefficient (Wildman–Crippen LogP) is 3.58. The number of nitrogens with one attached hydrogen (secondary N) is 1. The van der Waals surface area contributed by atoms with Crippen molar-refractivity contribution in [3.05, 3.63) is 28.8 Å². The summed E-state index contributed by atoms with van der Waals surface area (Å²) in [5, 5.41) is 14.0. The maximum Gasteiger partial charge on any atom is 0.0643 e. The first-order valence-electron chi connectivity index (χ1n) is 8.01. The van der Waals surface area contributed by atoms with Crippen LogP contribution in [-0.4, -0.2) is 30.3 Å². The molecule has 0 aromatic heterocycles. The molecule has 118 valence electrons. The van der Waals surface area contributed by atoms with Crippen molar-refractivity contribution in [1.29, 1.82) is 0 Å². The topological polar surface area (TPSA) is 35.5 Å². The molecule has 21 heavy (non-hydrogen) atoms. The second-order valence-electron chi connectivity index (χ2n) is 6.16. The average molecular weight is 311 g/mol. The second-order valence-corrected chi connectivity index (χ2v) is 6.57. The Morgan fingerprint density at radius 2 is 2.14 bits per heavy atom. The minimum absolute atomic E-state index is 0.185. The number of benzene rings is 1. The molecule has 1 aliphatic heterocycles. The lowest BCUT2D eigenvalue weighted by Crippen LogP contribution is -2.38. The van der Waals surface area contributed by atoms with Crippen molar-refractivity contribution in [3.63, 3.8) is 0 Å². The molecule has 1 aliphatic rings. The van der Waals surface area contributed by atoms with Crippen molar-refractivity contribution in [2.24, 2.45) is 0 Å². The lowest BCUT2D eigenvalue weighted by atomic mass is 10.1. The van der Waals surface area contributed by atoms with Crippen LogP contribution < -0.4 is 10.2 Å². The number of rotatable bonds is 5. The van der Waals surface area contributed by atoms with Crippen molar-refractivity contribution >= 4 is 17.3 Å². The van der Waals surface area contributed by atoms with Crippen LogP contribution in [0.1, 0.15) is 45.1 Å². The Hall–Kier alpha value is -0.770. The van der Waals surface area contributed by atoms with Crippen LogP contribution in [0.5, 0.6) is 0 Å². The van der Waals surface area contributed by atoms with Crippen molar-refractivity contribution < 1.29 is 5.11 Å². The lowest BCUT2D eigenvalue weighted by Gasteiger charge is -2.33. The average Bonchev–Trinajstić information content (AvgIpc) is 2.70. The molecule has 1 aromatic carbocycles. The van der Waals surface area contributed by atoms with E-state index in [2.05, 4.69) is 30.1 Å². The fraction of sp³-hybridized carbons (Fsp3) is 0.647. The zero-order valence-corrected chi connectivity index (χ0v) is 13.9. The minimum atomic E-state index is 0.185. The molecular weight excluding hydrogens is 284 g/mol. The highest BCUT2D eigenvalue weighted by atomic mass is 35.5. The van der Waals surface area contributed by atoms with Crippen molar-refractivity contribution in [2.45, 2.75) is 58.2 Å². The number of aliphatic hydroxyl groups is 1. The van der Waals surface area contributed by atoms with E-state index in [-0.39, 0.29) is 12.6 Å². The van der Waals surface area contributed by atoms with Crippen LogP contribution in [0.15, 0.2) is 18.2 Å². The Morgan fingerprint density at radius 3 is 2.86 bits per heavy atom. The van der Waals surface area contributed by atoms with E-state index < -0.39 is 0 Å². The number of hydrogen-bond donors (Lipinski definition) is 2. The van der Waals surface area contributed by atoms with E-state index in [1.54, 1.807) is 0 Å². The first kappa shape index (κ1) is 16.6. The van der Waals surface area contributed by atoms with Crippen LogP contribution >= 0.6 is 11.6 Å². The fourth-order valence-corrected chi connectivity index (χ4v) is 3.30. The van der Waals surface area contributed by atoms with Gasteiger partial charge in [0.1, 0.15) is 0 Å². The molecule has 1 fully saturated rings. The van der Waals surface area contributed by atoms with Crippen LogP contribution in [0.3, 0.4) is 0 Å². The van der Waals surface area contributed by atoms with Gasteiger partial charge in [-0.15, -0.1) is 0 Å². The Kier molecular flexibility index (Phi) is 6.34. The molecule has 0 amide bonds. The van der Waals surface area contributed by atoms with Crippen molar-refractivity contribution in [3.8, 4) is 0 Å². The number of anilines is 1. The third kappa shape index (κ3) is 4.35. The van der Waals surface area contributed by atoms with Crippen LogP contribution in [0, 0.1) is 0 Å². The summed E-state index contributed by atoms with van der Waals surface area (Å²) in [5.74, 6) is 0. The third-order valence-electron chi connectivity index (χ3n) is 4.15. The van der Waals surface area contributed by atoms with Gasteiger partial charge in [0.25, 0.3) is 0 Å². The molecule has 3 nitrogen and oxygen atoms in total. The van der Waals surface area contributed by atoms with Gasteiger partial charge in [0.2, 0.25) is 0 Å². The Bertz CT molecular complexity index is 450. The smallest absolute Gasteiger partial charge is 0.0643 e. The van der Waals surface area contributed by atoms with E-state index in [0.717, 1.165) is 30.2 Å². The molecule has 0 bridgehead atoms. The first-order chi connectivity index (χ1) is 10.1. The lowest BCUT2D eigenvalue weighted by molar-refractivity contribution is 0.255. The predicted molar refractivity (Wildman–Crippen MR) is 90.1 cm³/mol. The van der Waals surface area contributed by atoms with Gasteiger partial charge in [-0.05, 0) is 24.5 Å². The number of hydrogen-bond acceptors (Lipinski definition) is 3. The van der Waals surface area contributed by atoms with Crippen LogP contribution in [-0.2, 0) is 6.54 Å². The summed E-state index contributed by atoms with van der Waals surface area (Å²) in [6.45, 7) is 6.27. The van der Waals surface area contributed by atoms with Crippen molar-refractivity contribution in [2.75, 3.05) is 18.1 Å². The molecule has 1 unspecified atom stereocenters. The van der Waals surface area contributed by atoms with Crippen LogP contribution in [0.2, 0.25) is 5.02 Å². The molecule has 0 spiro atoms. The number of para-hydroxylation sites is 1. The number of nitrogens with zero attached hydrogens (tertiary/aromatic N) is 1. The van der Waals surface area contributed by atoms with Gasteiger partial charge in [-0.3, -0.25) is 0 Å². The summed E-state index contributed by atoms with van der Waals surface area (Å²) >= 11 is 6.50. The van der Waals surface area contributed by atoms with Gasteiger partial charge in [-0.25, -0.2) is 0 Å². The van der Waals surface area contributed by atoms with Crippen LogP contribution in [0.25, 0.3) is 0 Å². The van der Waals surface area contributed by atoms with Gasteiger partial charge in [0.05, 0.1) is 23.4 Å². The molecule has 1 heterocycles. The number of halogens is 1. The second kappa shape index (κ2) is 8.02. The van der Waals surface area contributed by atoms with Gasteiger partial charge >= 0.3 is 0 Å². The van der Waals surface area contributed by atoms with Gasteiger partial charge in [-0.2, -0.15) is 0 Å². The van der Waals surface area contributed by atoms with Crippen LogP contribution in [0.4, 0.5) is 5.69 Å². The van der Waals surface area contributed by atoms with E-state index in [1.165, 1.54) is 24.8 Å². The maximum atomic E-state index is 9.75. The number of aliphatic hydroxyl groups excluding tert-OH is 1. The summed E-state index contributed by atoms with van der Waals surface area (Å²) in [6, 6.07) is 6.72. The van der Waals surface area contributed by atoms with E-state index >= 15 is 0 Å². The molecule has 1 saturated heterocycles. The third-order valence-corrected chi connectivity index (χ3v) is 4.45. The monoisotopic (exact) mass is 310 g/mol. The maximum absolute atomic E-state index is 9.75. The van der Waals surface area contributed by atoms with E-state index in [9.17, 15) is 5.11 Å². The largest absolute Gasteiger partial charge is 0.394 e. The molecule has 0 saturated carbocycles. The molecular formula is C17H27ClN2O. The molecule has 0 aliphatic carbocycles. The highest BCUT2D eigenvalue weighted by molar-refractivity contribution is 6.33. The summed E-state index contributed by atoms with van der Waals surface area (Å²) in [6.07, 6.45) is 4.63. The molecule has 2 N–H and O–H groups in total. The SMILES string of the molecule is CC(C)NCc1cccc(Cl)c1N1CCCCCC1CO. The molecule has 1 atom stereocenters. The van der Waals surface area contributed by atoms with Gasteiger partial charge in [-0.1, -0.05) is 50.4 Å². The summed E-state index contributed by atoms with van der Waals surface area (Å²) in [7, 11) is 0.